The zero-order valence-electron chi connectivity index (χ0n) is 8.73. The van der Waals surface area contributed by atoms with Crippen LogP contribution in [0.5, 0.6) is 0 Å². The predicted octanol–water partition coefficient (Wildman–Crippen LogP) is 1.82. The van der Waals surface area contributed by atoms with Gasteiger partial charge < -0.3 is 9.52 Å². The molecule has 2 aromatic heterocycles. The van der Waals surface area contributed by atoms with Crippen molar-refractivity contribution < 1.29 is 14.3 Å². The van der Waals surface area contributed by atoms with Crippen LogP contribution in [0.15, 0.2) is 9.21 Å². The first-order valence-corrected chi connectivity index (χ1v) is 5.52. The topological polar surface area (TPSA) is 80.4 Å². The summed E-state index contributed by atoms with van der Waals surface area (Å²) < 4.78 is 4.96. The summed E-state index contributed by atoms with van der Waals surface area (Å²) >= 11 is 1.01. The molecule has 0 unspecified atom stereocenters. The van der Waals surface area contributed by atoms with Gasteiger partial charge in [0, 0.05) is 6.42 Å². The standard InChI is InChI=1S/C10H9NO4S/c1-3-5-11-8-6(10(14)15-5)4(2)7(16-8)9(12)13/h3H2,1-2H3,(H,12,13). The van der Waals surface area contributed by atoms with Gasteiger partial charge in [-0.05, 0) is 12.5 Å². The van der Waals surface area contributed by atoms with Crippen molar-refractivity contribution in [1.29, 1.82) is 0 Å². The first kappa shape index (κ1) is 10.8. The Morgan fingerprint density at radius 3 is 2.81 bits per heavy atom. The Labute approximate surface area is 94.4 Å². The minimum absolute atomic E-state index is 0.142. The van der Waals surface area contributed by atoms with E-state index in [4.69, 9.17) is 9.52 Å². The Balaban J connectivity index is 2.86. The largest absolute Gasteiger partial charge is 0.477 e. The van der Waals surface area contributed by atoms with Crippen LogP contribution in [0.2, 0.25) is 0 Å². The van der Waals surface area contributed by atoms with Gasteiger partial charge in [0.15, 0.2) is 5.89 Å². The molecule has 0 bridgehead atoms. The lowest BCUT2D eigenvalue weighted by molar-refractivity contribution is 0.0701. The molecule has 0 atom stereocenters. The van der Waals surface area contributed by atoms with Crippen molar-refractivity contribution in [2.24, 2.45) is 0 Å². The summed E-state index contributed by atoms with van der Waals surface area (Å²) in [4.78, 5) is 27.2. The van der Waals surface area contributed by atoms with Gasteiger partial charge in [-0.3, -0.25) is 0 Å². The van der Waals surface area contributed by atoms with Crippen LogP contribution in [-0.4, -0.2) is 16.1 Å². The Morgan fingerprint density at radius 1 is 1.56 bits per heavy atom. The van der Waals surface area contributed by atoms with E-state index in [-0.39, 0.29) is 10.3 Å². The summed E-state index contributed by atoms with van der Waals surface area (Å²) in [6.45, 7) is 3.40. The van der Waals surface area contributed by atoms with Crippen LogP contribution >= 0.6 is 11.3 Å². The van der Waals surface area contributed by atoms with Crippen LogP contribution in [0.25, 0.3) is 10.2 Å². The highest BCUT2D eigenvalue weighted by Crippen LogP contribution is 2.27. The third kappa shape index (κ3) is 1.51. The predicted molar refractivity (Wildman–Crippen MR) is 59.2 cm³/mol. The van der Waals surface area contributed by atoms with Crippen molar-refractivity contribution in [3.63, 3.8) is 0 Å². The lowest BCUT2D eigenvalue weighted by Crippen LogP contribution is -2.04. The van der Waals surface area contributed by atoms with E-state index in [1.54, 1.807) is 6.92 Å². The minimum Gasteiger partial charge on any atom is -0.477 e. The van der Waals surface area contributed by atoms with Crippen LogP contribution < -0.4 is 5.63 Å². The maximum absolute atomic E-state index is 11.6. The van der Waals surface area contributed by atoms with Gasteiger partial charge in [0.1, 0.15) is 15.1 Å². The molecule has 16 heavy (non-hydrogen) atoms. The first-order valence-electron chi connectivity index (χ1n) is 4.71. The van der Waals surface area contributed by atoms with Crippen molar-refractivity contribution in [3.05, 3.63) is 26.8 Å². The molecule has 2 heterocycles. The fourth-order valence-electron chi connectivity index (χ4n) is 1.47. The third-order valence-electron chi connectivity index (χ3n) is 2.27. The molecule has 0 fully saturated rings. The Bertz CT molecular complexity index is 626. The number of aromatic nitrogens is 1. The summed E-state index contributed by atoms with van der Waals surface area (Å²) in [5, 5.41) is 9.21. The number of thiophene rings is 1. The van der Waals surface area contributed by atoms with Gasteiger partial charge in [-0.2, -0.15) is 0 Å². The van der Waals surface area contributed by atoms with Gasteiger partial charge >= 0.3 is 11.6 Å². The average molecular weight is 239 g/mol. The van der Waals surface area contributed by atoms with E-state index in [1.807, 2.05) is 6.92 Å². The summed E-state index contributed by atoms with van der Waals surface area (Å²) in [5.74, 6) is -0.714. The summed E-state index contributed by atoms with van der Waals surface area (Å²) in [6.07, 6.45) is 0.504. The lowest BCUT2D eigenvalue weighted by Gasteiger charge is -1.93. The van der Waals surface area contributed by atoms with Crippen LogP contribution in [0.3, 0.4) is 0 Å². The molecule has 0 saturated heterocycles. The highest BCUT2D eigenvalue weighted by atomic mass is 32.1. The second-order valence-electron chi connectivity index (χ2n) is 3.29. The molecular formula is C10H9NO4S. The number of aryl methyl sites for hydroxylation is 2. The fourth-order valence-corrected chi connectivity index (χ4v) is 2.49. The summed E-state index contributed by atoms with van der Waals surface area (Å²) in [5.41, 5.74) is -0.0838. The molecule has 0 aromatic carbocycles. The molecule has 6 heteroatoms. The maximum atomic E-state index is 11.6. The SMILES string of the molecule is CCc1nc2sc(C(=O)O)c(C)c2c(=O)o1. The average Bonchev–Trinajstić information content (AvgIpc) is 2.56. The molecule has 0 aliphatic rings. The summed E-state index contributed by atoms with van der Waals surface area (Å²) in [7, 11) is 0. The number of hydrogen-bond acceptors (Lipinski definition) is 5. The number of fused-ring (bicyclic) bond motifs is 1. The van der Waals surface area contributed by atoms with E-state index >= 15 is 0 Å². The van der Waals surface area contributed by atoms with Crippen molar-refractivity contribution in [3.8, 4) is 0 Å². The first-order chi connectivity index (χ1) is 7.54. The second-order valence-corrected chi connectivity index (χ2v) is 4.29. The molecule has 84 valence electrons. The molecule has 0 saturated carbocycles. The molecule has 0 aliphatic carbocycles. The molecule has 1 N–H and O–H groups in total. The van der Waals surface area contributed by atoms with E-state index in [9.17, 15) is 9.59 Å². The quantitative estimate of drug-likeness (QED) is 0.864. The maximum Gasteiger partial charge on any atom is 0.348 e. The minimum atomic E-state index is -1.04. The van der Waals surface area contributed by atoms with Gasteiger partial charge in [-0.15, -0.1) is 11.3 Å². The van der Waals surface area contributed by atoms with Crippen LogP contribution in [0, 0.1) is 6.92 Å². The Hall–Kier alpha value is -1.69. The van der Waals surface area contributed by atoms with Crippen molar-refractivity contribution >= 4 is 27.5 Å². The van der Waals surface area contributed by atoms with E-state index in [1.165, 1.54) is 0 Å². The van der Waals surface area contributed by atoms with E-state index in [0.717, 1.165) is 11.3 Å². The van der Waals surface area contributed by atoms with E-state index < -0.39 is 11.6 Å². The molecule has 0 radical (unpaired) electrons. The molecular weight excluding hydrogens is 230 g/mol. The molecule has 0 aliphatic heterocycles. The fraction of sp³-hybridized carbons (Fsp3) is 0.300. The van der Waals surface area contributed by atoms with E-state index in [0.29, 0.717) is 22.7 Å². The molecule has 0 amide bonds. The van der Waals surface area contributed by atoms with Gasteiger partial charge in [0.05, 0.1) is 0 Å². The molecule has 2 rings (SSSR count). The number of carboxylic acids is 1. The number of carbonyl (C=O) groups is 1. The highest BCUT2D eigenvalue weighted by Gasteiger charge is 2.19. The number of carboxylic acid groups (broad SMARTS) is 1. The number of aromatic carboxylic acids is 1. The van der Waals surface area contributed by atoms with E-state index in [2.05, 4.69) is 4.98 Å². The lowest BCUT2D eigenvalue weighted by atomic mass is 10.2. The summed E-state index contributed by atoms with van der Waals surface area (Å²) in [6, 6.07) is 0. The van der Waals surface area contributed by atoms with Crippen LogP contribution in [0.4, 0.5) is 0 Å². The molecule has 5 nitrogen and oxygen atoms in total. The van der Waals surface area contributed by atoms with Crippen molar-refractivity contribution in [2.75, 3.05) is 0 Å². The smallest absolute Gasteiger partial charge is 0.348 e. The number of hydrogen-bond donors (Lipinski definition) is 1. The van der Waals surface area contributed by atoms with Crippen LogP contribution in [-0.2, 0) is 6.42 Å². The van der Waals surface area contributed by atoms with Gasteiger partial charge in [0.25, 0.3) is 0 Å². The third-order valence-corrected chi connectivity index (χ3v) is 3.44. The normalized spacial score (nSPS) is 10.9. The highest BCUT2D eigenvalue weighted by molar-refractivity contribution is 7.20. The second kappa shape index (κ2) is 3.71. The van der Waals surface area contributed by atoms with Gasteiger partial charge in [-0.1, -0.05) is 6.92 Å². The van der Waals surface area contributed by atoms with Gasteiger partial charge in [-0.25, -0.2) is 14.6 Å². The monoisotopic (exact) mass is 239 g/mol. The van der Waals surface area contributed by atoms with Crippen molar-refractivity contribution in [1.82, 2.24) is 4.98 Å². The van der Waals surface area contributed by atoms with Crippen molar-refractivity contribution in [2.45, 2.75) is 20.3 Å². The molecule has 0 spiro atoms. The van der Waals surface area contributed by atoms with Gasteiger partial charge in [0.2, 0.25) is 0 Å². The number of rotatable bonds is 2. The Kier molecular flexibility index (Phi) is 2.51. The van der Waals surface area contributed by atoms with Crippen LogP contribution in [0.1, 0.15) is 28.0 Å². The number of nitrogens with zero attached hydrogens (tertiary/aromatic N) is 1. The zero-order valence-corrected chi connectivity index (χ0v) is 9.55. The Morgan fingerprint density at radius 2 is 2.25 bits per heavy atom. The molecule has 2 aromatic rings. The zero-order chi connectivity index (χ0) is 11.9.